The maximum Gasteiger partial charge on any atom is 0.303 e. The van der Waals surface area contributed by atoms with Crippen LogP contribution in [0.15, 0.2) is 12.1 Å². The van der Waals surface area contributed by atoms with Crippen molar-refractivity contribution in [2.45, 2.75) is 33.6 Å². The number of ketones is 1. The third-order valence-electron chi connectivity index (χ3n) is 2.81. The van der Waals surface area contributed by atoms with Gasteiger partial charge in [0, 0.05) is 12.5 Å². The number of carbonyl (C=O) groups is 2. The van der Waals surface area contributed by atoms with E-state index < -0.39 is 5.97 Å². The molecule has 1 rings (SSSR count). The molecule has 0 aliphatic heterocycles. The second-order valence-corrected chi connectivity index (χ2v) is 4.41. The lowest BCUT2D eigenvalue weighted by Gasteiger charge is -2.16. The molecule has 6 nitrogen and oxygen atoms in total. The van der Waals surface area contributed by atoms with Gasteiger partial charge in [-0.2, -0.15) is 0 Å². The van der Waals surface area contributed by atoms with Crippen molar-refractivity contribution >= 4 is 11.8 Å². The number of carboxylic acid groups (broad SMARTS) is 1. The van der Waals surface area contributed by atoms with Gasteiger partial charge in [0.05, 0.1) is 31.8 Å². The Balaban J connectivity index is 3.18. The maximum absolute atomic E-state index is 12.2. The standard InChI is InChI=1S/C16H22O6/c1-4-20-13-10-15(22-6-3)14(21-5-2)9-11(13)12(17)7-8-16(18)19/h9-10H,4-8H2,1-3H3,(H,18,19). The third-order valence-corrected chi connectivity index (χ3v) is 2.81. The summed E-state index contributed by atoms with van der Waals surface area (Å²) in [6, 6.07) is 3.18. The Morgan fingerprint density at radius 3 is 1.86 bits per heavy atom. The lowest BCUT2D eigenvalue weighted by atomic mass is 10.0. The zero-order valence-electron chi connectivity index (χ0n) is 13.2. The summed E-state index contributed by atoms with van der Waals surface area (Å²) in [6.07, 6.45) is -0.309. The smallest absolute Gasteiger partial charge is 0.303 e. The minimum Gasteiger partial charge on any atom is -0.493 e. The Morgan fingerprint density at radius 2 is 1.36 bits per heavy atom. The molecule has 0 fully saturated rings. The van der Waals surface area contributed by atoms with Crippen LogP contribution in [-0.2, 0) is 4.79 Å². The first kappa shape index (κ1) is 17.8. The zero-order chi connectivity index (χ0) is 16.5. The van der Waals surface area contributed by atoms with Gasteiger partial charge >= 0.3 is 5.97 Å². The monoisotopic (exact) mass is 310 g/mol. The molecular weight excluding hydrogens is 288 g/mol. The summed E-state index contributed by atoms with van der Waals surface area (Å²) in [6.45, 7) is 6.76. The number of aliphatic carboxylic acids is 1. The molecule has 122 valence electrons. The highest BCUT2D eigenvalue weighted by Gasteiger charge is 2.19. The van der Waals surface area contributed by atoms with Gasteiger partial charge in [0.25, 0.3) is 0 Å². The molecule has 0 amide bonds. The van der Waals surface area contributed by atoms with E-state index in [2.05, 4.69) is 0 Å². The lowest BCUT2D eigenvalue weighted by molar-refractivity contribution is -0.136. The van der Waals surface area contributed by atoms with E-state index in [0.717, 1.165) is 0 Å². The molecule has 0 saturated carbocycles. The van der Waals surface area contributed by atoms with E-state index in [1.54, 1.807) is 12.1 Å². The van der Waals surface area contributed by atoms with E-state index >= 15 is 0 Å². The van der Waals surface area contributed by atoms with Gasteiger partial charge in [-0.05, 0) is 26.8 Å². The molecule has 1 aromatic carbocycles. The van der Waals surface area contributed by atoms with Crippen molar-refractivity contribution in [3.05, 3.63) is 17.7 Å². The highest BCUT2D eigenvalue weighted by molar-refractivity contribution is 6.00. The summed E-state index contributed by atoms with van der Waals surface area (Å²) in [5.41, 5.74) is 0.315. The molecule has 1 aromatic rings. The molecule has 0 heterocycles. The van der Waals surface area contributed by atoms with Crippen molar-refractivity contribution < 1.29 is 28.9 Å². The molecule has 1 N–H and O–H groups in total. The molecule has 0 aliphatic rings. The number of Topliss-reactive ketones (excluding diaryl/α,β-unsaturated/α-hetero) is 1. The van der Waals surface area contributed by atoms with E-state index in [4.69, 9.17) is 19.3 Å². The van der Waals surface area contributed by atoms with Crippen LogP contribution in [0.3, 0.4) is 0 Å². The second-order valence-electron chi connectivity index (χ2n) is 4.41. The predicted molar refractivity (Wildman–Crippen MR) is 81.1 cm³/mol. The number of rotatable bonds is 10. The largest absolute Gasteiger partial charge is 0.493 e. The third kappa shape index (κ3) is 4.95. The molecular formula is C16H22O6. The molecule has 0 bridgehead atoms. The van der Waals surface area contributed by atoms with Gasteiger partial charge < -0.3 is 19.3 Å². The minimum absolute atomic E-state index is 0.0883. The number of benzene rings is 1. The SMILES string of the molecule is CCOc1cc(OCC)c(C(=O)CCC(=O)O)cc1OCC. The van der Waals surface area contributed by atoms with E-state index in [9.17, 15) is 9.59 Å². The maximum atomic E-state index is 12.2. The van der Waals surface area contributed by atoms with Gasteiger partial charge in [-0.25, -0.2) is 0 Å². The molecule has 0 aromatic heterocycles. The molecule has 0 unspecified atom stereocenters. The van der Waals surface area contributed by atoms with Crippen LogP contribution in [0, 0.1) is 0 Å². The Morgan fingerprint density at radius 1 is 0.864 bits per heavy atom. The number of carbonyl (C=O) groups excluding carboxylic acids is 1. The number of carboxylic acids is 1. The zero-order valence-corrected chi connectivity index (χ0v) is 13.2. The summed E-state index contributed by atoms with van der Waals surface area (Å²) in [4.78, 5) is 22.9. The quantitative estimate of drug-likeness (QED) is 0.669. The Bertz CT molecular complexity index is 524. The van der Waals surface area contributed by atoms with E-state index in [0.29, 0.717) is 42.6 Å². The minimum atomic E-state index is -1.01. The van der Waals surface area contributed by atoms with Crippen LogP contribution in [0.5, 0.6) is 17.2 Å². The highest BCUT2D eigenvalue weighted by atomic mass is 16.5. The van der Waals surface area contributed by atoms with Crippen LogP contribution in [0.25, 0.3) is 0 Å². The van der Waals surface area contributed by atoms with Gasteiger partial charge in [0.15, 0.2) is 17.3 Å². The fraction of sp³-hybridized carbons (Fsp3) is 0.500. The number of ether oxygens (including phenoxy) is 3. The van der Waals surface area contributed by atoms with Gasteiger partial charge in [-0.3, -0.25) is 9.59 Å². The molecule has 6 heteroatoms. The van der Waals surface area contributed by atoms with Crippen molar-refractivity contribution in [3.8, 4) is 17.2 Å². The second kappa shape index (κ2) is 8.92. The van der Waals surface area contributed by atoms with Gasteiger partial charge in [-0.15, -0.1) is 0 Å². The molecule has 0 aliphatic carbocycles. The van der Waals surface area contributed by atoms with E-state index in [1.807, 2.05) is 20.8 Å². The van der Waals surface area contributed by atoms with Crippen LogP contribution < -0.4 is 14.2 Å². The van der Waals surface area contributed by atoms with Crippen LogP contribution in [-0.4, -0.2) is 36.7 Å². The fourth-order valence-corrected chi connectivity index (χ4v) is 1.93. The van der Waals surface area contributed by atoms with Crippen molar-refractivity contribution in [1.29, 1.82) is 0 Å². The lowest BCUT2D eigenvalue weighted by Crippen LogP contribution is -2.08. The van der Waals surface area contributed by atoms with Crippen LogP contribution in [0.4, 0.5) is 0 Å². The summed E-state index contributed by atoms with van der Waals surface area (Å²) >= 11 is 0. The topological polar surface area (TPSA) is 82.1 Å². The van der Waals surface area contributed by atoms with E-state index in [-0.39, 0.29) is 18.6 Å². The van der Waals surface area contributed by atoms with Gasteiger partial charge in [-0.1, -0.05) is 0 Å². The van der Waals surface area contributed by atoms with Crippen molar-refractivity contribution in [2.75, 3.05) is 19.8 Å². The van der Waals surface area contributed by atoms with Crippen LogP contribution >= 0.6 is 0 Å². The van der Waals surface area contributed by atoms with Crippen molar-refractivity contribution in [1.82, 2.24) is 0 Å². The van der Waals surface area contributed by atoms with Gasteiger partial charge in [0.1, 0.15) is 5.75 Å². The molecule has 0 saturated heterocycles. The van der Waals surface area contributed by atoms with Crippen LogP contribution in [0.2, 0.25) is 0 Å². The van der Waals surface area contributed by atoms with Crippen molar-refractivity contribution in [2.24, 2.45) is 0 Å². The van der Waals surface area contributed by atoms with Gasteiger partial charge in [0.2, 0.25) is 0 Å². The normalized spacial score (nSPS) is 10.1. The predicted octanol–water partition coefficient (Wildman–Crippen LogP) is 2.93. The first-order chi connectivity index (χ1) is 10.5. The number of hydrogen-bond donors (Lipinski definition) is 1. The molecule has 0 radical (unpaired) electrons. The van der Waals surface area contributed by atoms with Crippen molar-refractivity contribution in [3.63, 3.8) is 0 Å². The summed E-state index contributed by atoms with van der Waals surface area (Å²) in [7, 11) is 0. The first-order valence-corrected chi connectivity index (χ1v) is 7.34. The Labute approximate surface area is 130 Å². The average Bonchev–Trinajstić information content (AvgIpc) is 2.48. The highest BCUT2D eigenvalue weighted by Crippen LogP contribution is 2.36. The molecule has 0 spiro atoms. The Kier molecular flexibility index (Phi) is 7.22. The summed E-state index contributed by atoms with van der Waals surface area (Å²) < 4.78 is 16.5. The first-order valence-electron chi connectivity index (χ1n) is 7.34. The summed E-state index contributed by atoms with van der Waals surface area (Å²) in [5, 5.41) is 8.71. The van der Waals surface area contributed by atoms with E-state index in [1.165, 1.54) is 0 Å². The average molecular weight is 310 g/mol. The fourth-order valence-electron chi connectivity index (χ4n) is 1.93. The van der Waals surface area contributed by atoms with Crippen LogP contribution in [0.1, 0.15) is 44.0 Å². The Hall–Kier alpha value is -2.24. The molecule has 22 heavy (non-hydrogen) atoms. The number of hydrogen-bond acceptors (Lipinski definition) is 5. The molecule has 0 atom stereocenters. The summed E-state index contributed by atoms with van der Waals surface area (Å²) in [5.74, 6) is 0.0241.